The van der Waals surface area contributed by atoms with E-state index >= 15 is 0 Å². The molecule has 0 spiro atoms. The zero-order chi connectivity index (χ0) is 12.0. The molecule has 0 atom stereocenters. The van der Waals surface area contributed by atoms with E-state index in [0.717, 1.165) is 19.6 Å². The second-order valence-corrected chi connectivity index (χ2v) is 6.34. The summed E-state index contributed by atoms with van der Waals surface area (Å²) in [6.07, 6.45) is 7.77. The van der Waals surface area contributed by atoms with Gasteiger partial charge in [-0.05, 0) is 38.2 Å². The molecule has 1 heterocycles. The van der Waals surface area contributed by atoms with Crippen molar-refractivity contribution in [3.8, 4) is 0 Å². The smallest absolute Gasteiger partial charge is 0.0225 e. The van der Waals surface area contributed by atoms with Crippen LogP contribution in [0.25, 0.3) is 0 Å². The fraction of sp³-hybridized carbons (Fsp3) is 0.692. The summed E-state index contributed by atoms with van der Waals surface area (Å²) in [5, 5.41) is 3.51. The third-order valence-electron chi connectivity index (χ3n) is 2.73. The summed E-state index contributed by atoms with van der Waals surface area (Å²) in [4.78, 5) is 0. The SMILES string of the molecule is CCCn1ccc(CNCC(C)(C)SC)c1. The fourth-order valence-electron chi connectivity index (χ4n) is 1.57. The van der Waals surface area contributed by atoms with Crippen molar-refractivity contribution in [2.45, 2.75) is 45.0 Å². The van der Waals surface area contributed by atoms with Crippen LogP contribution < -0.4 is 5.32 Å². The highest BCUT2D eigenvalue weighted by Crippen LogP contribution is 2.19. The van der Waals surface area contributed by atoms with Crippen LogP contribution in [-0.4, -0.2) is 22.1 Å². The quantitative estimate of drug-likeness (QED) is 0.788. The lowest BCUT2D eigenvalue weighted by Crippen LogP contribution is -2.31. The van der Waals surface area contributed by atoms with Crippen molar-refractivity contribution in [1.29, 1.82) is 0 Å². The van der Waals surface area contributed by atoms with Crippen molar-refractivity contribution in [2.75, 3.05) is 12.8 Å². The Kier molecular flexibility index (Phi) is 5.42. The van der Waals surface area contributed by atoms with Crippen LogP contribution in [0, 0.1) is 0 Å². The van der Waals surface area contributed by atoms with Gasteiger partial charge in [-0.3, -0.25) is 0 Å². The predicted octanol–water partition coefficient (Wildman–Crippen LogP) is 3.13. The Morgan fingerprint density at radius 3 is 2.81 bits per heavy atom. The van der Waals surface area contributed by atoms with Crippen LogP contribution in [0.4, 0.5) is 0 Å². The molecule has 1 rings (SSSR count). The maximum absolute atomic E-state index is 3.51. The summed E-state index contributed by atoms with van der Waals surface area (Å²) < 4.78 is 2.59. The Morgan fingerprint density at radius 2 is 2.19 bits per heavy atom. The third-order valence-corrected chi connectivity index (χ3v) is 3.98. The largest absolute Gasteiger partial charge is 0.354 e. The molecule has 0 fully saturated rings. The first-order valence-corrected chi connectivity index (χ1v) is 7.20. The third kappa shape index (κ3) is 4.62. The molecule has 0 aliphatic carbocycles. The standard InChI is InChI=1S/C13H24N2S/c1-5-7-15-8-6-12(10-15)9-14-11-13(2,3)16-4/h6,8,10,14H,5,7,9,11H2,1-4H3. The maximum Gasteiger partial charge on any atom is 0.0225 e. The van der Waals surface area contributed by atoms with Crippen LogP contribution in [0.3, 0.4) is 0 Å². The summed E-state index contributed by atoms with van der Waals surface area (Å²) in [6.45, 7) is 9.89. The molecule has 0 aliphatic rings. The van der Waals surface area contributed by atoms with E-state index in [4.69, 9.17) is 0 Å². The topological polar surface area (TPSA) is 17.0 Å². The number of hydrogen-bond donors (Lipinski definition) is 1. The minimum absolute atomic E-state index is 0.325. The Bertz CT molecular complexity index is 305. The van der Waals surface area contributed by atoms with Gasteiger partial charge < -0.3 is 9.88 Å². The van der Waals surface area contributed by atoms with Crippen LogP contribution in [0.2, 0.25) is 0 Å². The summed E-state index contributed by atoms with van der Waals surface area (Å²) in [5.74, 6) is 0. The summed E-state index contributed by atoms with van der Waals surface area (Å²) >= 11 is 1.91. The monoisotopic (exact) mass is 240 g/mol. The van der Waals surface area contributed by atoms with Gasteiger partial charge in [0.25, 0.3) is 0 Å². The van der Waals surface area contributed by atoms with Gasteiger partial charge in [0, 0.05) is 36.8 Å². The molecule has 1 aromatic rings. The zero-order valence-electron chi connectivity index (χ0n) is 10.9. The molecule has 0 bridgehead atoms. The van der Waals surface area contributed by atoms with Gasteiger partial charge in [0.15, 0.2) is 0 Å². The number of aromatic nitrogens is 1. The van der Waals surface area contributed by atoms with Gasteiger partial charge in [-0.15, -0.1) is 0 Å². The lowest BCUT2D eigenvalue weighted by molar-refractivity contribution is 0.589. The minimum Gasteiger partial charge on any atom is -0.354 e. The van der Waals surface area contributed by atoms with E-state index in [-0.39, 0.29) is 0 Å². The molecule has 0 unspecified atom stereocenters. The van der Waals surface area contributed by atoms with Crippen LogP contribution in [-0.2, 0) is 13.1 Å². The van der Waals surface area contributed by atoms with Crippen molar-refractivity contribution in [3.63, 3.8) is 0 Å². The molecule has 0 saturated heterocycles. The van der Waals surface area contributed by atoms with Gasteiger partial charge in [0.1, 0.15) is 0 Å². The number of nitrogens with one attached hydrogen (secondary N) is 1. The first-order chi connectivity index (χ1) is 7.57. The summed E-state index contributed by atoms with van der Waals surface area (Å²) in [7, 11) is 0. The van der Waals surface area contributed by atoms with E-state index in [1.54, 1.807) is 0 Å². The van der Waals surface area contributed by atoms with Crippen molar-refractivity contribution < 1.29 is 0 Å². The molecular weight excluding hydrogens is 216 g/mol. The molecule has 1 aromatic heterocycles. The van der Waals surface area contributed by atoms with Gasteiger partial charge >= 0.3 is 0 Å². The minimum atomic E-state index is 0.325. The van der Waals surface area contributed by atoms with Crippen LogP contribution in [0.15, 0.2) is 18.5 Å². The lowest BCUT2D eigenvalue weighted by atomic mass is 10.2. The number of rotatable bonds is 7. The zero-order valence-corrected chi connectivity index (χ0v) is 11.7. The van der Waals surface area contributed by atoms with E-state index in [9.17, 15) is 0 Å². The molecule has 92 valence electrons. The Balaban J connectivity index is 2.31. The highest BCUT2D eigenvalue weighted by Gasteiger charge is 2.14. The molecular formula is C13H24N2S. The highest BCUT2D eigenvalue weighted by atomic mass is 32.2. The van der Waals surface area contributed by atoms with Gasteiger partial charge in [0.05, 0.1) is 0 Å². The Morgan fingerprint density at radius 1 is 1.44 bits per heavy atom. The van der Waals surface area contributed by atoms with Gasteiger partial charge in [-0.25, -0.2) is 0 Å². The van der Waals surface area contributed by atoms with Gasteiger partial charge in [-0.1, -0.05) is 6.92 Å². The molecule has 0 radical (unpaired) electrons. The van der Waals surface area contributed by atoms with E-state index in [1.807, 2.05) is 11.8 Å². The van der Waals surface area contributed by atoms with Gasteiger partial charge in [0.2, 0.25) is 0 Å². The van der Waals surface area contributed by atoms with Crippen molar-refractivity contribution in [3.05, 3.63) is 24.0 Å². The average molecular weight is 240 g/mol. The molecule has 0 saturated carbocycles. The second kappa shape index (κ2) is 6.36. The van der Waals surface area contributed by atoms with E-state index < -0.39 is 0 Å². The Labute approximate surface area is 104 Å². The second-order valence-electron chi connectivity index (χ2n) is 4.82. The molecule has 1 N–H and O–H groups in total. The van der Waals surface area contributed by atoms with Crippen molar-refractivity contribution >= 4 is 11.8 Å². The fourth-order valence-corrected chi connectivity index (χ4v) is 1.82. The highest BCUT2D eigenvalue weighted by molar-refractivity contribution is 7.99. The molecule has 0 aromatic carbocycles. The molecule has 2 nitrogen and oxygen atoms in total. The molecule has 0 aliphatic heterocycles. The van der Waals surface area contributed by atoms with E-state index in [0.29, 0.717) is 4.75 Å². The lowest BCUT2D eigenvalue weighted by Gasteiger charge is -2.22. The first kappa shape index (κ1) is 13.7. The van der Waals surface area contributed by atoms with Crippen LogP contribution in [0.1, 0.15) is 32.8 Å². The number of nitrogens with zero attached hydrogens (tertiary/aromatic N) is 1. The normalized spacial score (nSPS) is 12.0. The van der Waals surface area contributed by atoms with Crippen molar-refractivity contribution in [2.24, 2.45) is 0 Å². The predicted molar refractivity (Wildman–Crippen MR) is 74.0 cm³/mol. The van der Waals surface area contributed by atoms with Gasteiger partial charge in [-0.2, -0.15) is 11.8 Å². The van der Waals surface area contributed by atoms with Crippen LogP contribution >= 0.6 is 11.8 Å². The number of thioether (sulfide) groups is 1. The Hall–Kier alpha value is -0.410. The summed E-state index contributed by atoms with van der Waals surface area (Å²) in [6, 6.07) is 2.20. The molecule has 16 heavy (non-hydrogen) atoms. The van der Waals surface area contributed by atoms with E-state index in [2.05, 4.69) is 55.4 Å². The number of hydrogen-bond acceptors (Lipinski definition) is 2. The first-order valence-electron chi connectivity index (χ1n) is 5.98. The van der Waals surface area contributed by atoms with E-state index in [1.165, 1.54) is 12.0 Å². The number of aryl methyl sites for hydroxylation is 1. The molecule has 0 amide bonds. The van der Waals surface area contributed by atoms with Crippen molar-refractivity contribution in [1.82, 2.24) is 9.88 Å². The molecule has 3 heteroatoms. The maximum atomic E-state index is 3.51. The summed E-state index contributed by atoms with van der Waals surface area (Å²) in [5.41, 5.74) is 1.38. The van der Waals surface area contributed by atoms with Crippen LogP contribution in [0.5, 0.6) is 0 Å². The average Bonchev–Trinajstić information content (AvgIpc) is 2.66.